The summed E-state index contributed by atoms with van der Waals surface area (Å²) in [7, 11) is 0. The molecule has 0 aliphatic heterocycles. The summed E-state index contributed by atoms with van der Waals surface area (Å²) >= 11 is 0. The lowest BCUT2D eigenvalue weighted by atomic mass is 10.6. The van der Waals surface area contributed by atoms with Gasteiger partial charge >= 0.3 is 0 Å². The van der Waals surface area contributed by atoms with Gasteiger partial charge in [-0.05, 0) is 16.2 Å². The average molecular weight is 196 g/mol. The number of ether oxygens (including phenoxy) is 1. The summed E-state index contributed by atoms with van der Waals surface area (Å²) in [5.41, 5.74) is 16.2. The Morgan fingerprint density at radius 1 is 1.50 bits per heavy atom. The highest BCUT2D eigenvalue weighted by Gasteiger charge is 2.05. The molecule has 0 fully saturated rings. The zero-order valence-electron chi connectivity index (χ0n) is 6.76. The maximum Gasteiger partial charge on any atom is 0.275 e. The molecule has 0 amide bonds. The molecule has 0 unspecified atom stereocenters. The fourth-order valence-electron chi connectivity index (χ4n) is 0.589. The van der Waals surface area contributed by atoms with E-state index in [1.807, 2.05) is 0 Å². The van der Waals surface area contributed by atoms with E-state index in [0.717, 1.165) is 0 Å². The van der Waals surface area contributed by atoms with Crippen LogP contribution in [-0.2, 0) is 0 Å². The standard InChI is InChI=1S/C4H4N8O2/c5-11-8-3(9-12-6)2-13-4-1-7-14-10-4/h1,3H,2H2. The summed E-state index contributed by atoms with van der Waals surface area (Å²) in [6.07, 6.45) is 0.269. The summed E-state index contributed by atoms with van der Waals surface area (Å²) in [6, 6.07) is 0. The lowest BCUT2D eigenvalue weighted by molar-refractivity contribution is 0.244. The van der Waals surface area contributed by atoms with Crippen molar-refractivity contribution in [3.8, 4) is 5.88 Å². The fourth-order valence-corrected chi connectivity index (χ4v) is 0.589. The third-order valence-electron chi connectivity index (χ3n) is 1.09. The first-order chi connectivity index (χ1) is 6.86. The van der Waals surface area contributed by atoms with Crippen LogP contribution < -0.4 is 4.74 Å². The van der Waals surface area contributed by atoms with Crippen LogP contribution in [0, 0.1) is 0 Å². The summed E-state index contributed by atoms with van der Waals surface area (Å²) < 4.78 is 9.15. The van der Waals surface area contributed by atoms with Crippen LogP contribution in [0.15, 0.2) is 21.1 Å². The van der Waals surface area contributed by atoms with Crippen LogP contribution in [0.1, 0.15) is 0 Å². The third kappa shape index (κ3) is 2.89. The molecule has 0 atom stereocenters. The number of nitrogens with zero attached hydrogens (tertiary/aromatic N) is 8. The van der Waals surface area contributed by atoms with Crippen LogP contribution >= 0.6 is 0 Å². The van der Waals surface area contributed by atoms with Crippen molar-refractivity contribution in [1.29, 1.82) is 0 Å². The second-order valence-electron chi connectivity index (χ2n) is 1.95. The van der Waals surface area contributed by atoms with Crippen molar-refractivity contribution in [1.82, 2.24) is 10.3 Å². The molecule has 1 aromatic heterocycles. The third-order valence-corrected chi connectivity index (χ3v) is 1.09. The van der Waals surface area contributed by atoms with Crippen LogP contribution in [0.5, 0.6) is 5.88 Å². The van der Waals surface area contributed by atoms with Crippen molar-refractivity contribution in [3.63, 3.8) is 0 Å². The monoisotopic (exact) mass is 196 g/mol. The summed E-state index contributed by atoms with van der Waals surface area (Å²) in [6.45, 7) is -0.123. The van der Waals surface area contributed by atoms with Gasteiger partial charge in [-0.3, -0.25) is 0 Å². The number of hydrogen-bond acceptors (Lipinski definition) is 6. The second kappa shape index (κ2) is 5.25. The van der Waals surface area contributed by atoms with Crippen molar-refractivity contribution >= 4 is 0 Å². The minimum absolute atomic E-state index is 0.122. The molecule has 0 spiro atoms. The molecule has 0 saturated heterocycles. The lowest BCUT2D eigenvalue weighted by Crippen LogP contribution is -2.11. The van der Waals surface area contributed by atoms with Crippen LogP contribution in [-0.4, -0.2) is 23.1 Å². The van der Waals surface area contributed by atoms with Gasteiger partial charge < -0.3 is 4.74 Å². The maximum atomic E-state index is 8.09. The fraction of sp³-hybridized carbons (Fsp3) is 0.500. The van der Waals surface area contributed by atoms with Gasteiger partial charge in [0.25, 0.3) is 5.88 Å². The molecule has 14 heavy (non-hydrogen) atoms. The molecule has 0 aliphatic rings. The van der Waals surface area contributed by atoms with Crippen molar-refractivity contribution in [3.05, 3.63) is 27.1 Å². The zero-order chi connectivity index (χ0) is 10.2. The predicted octanol–water partition coefficient (Wildman–Crippen LogP) is 1.40. The number of hydrogen-bond donors (Lipinski definition) is 0. The molecule has 0 aromatic carbocycles. The molecule has 0 radical (unpaired) electrons. The quantitative estimate of drug-likeness (QED) is 0.397. The minimum atomic E-state index is -0.957. The molecule has 0 bridgehead atoms. The molecule has 1 heterocycles. The van der Waals surface area contributed by atoms with Crippen LogP contribution in [0.4, 0.5) is 0 Å². The molecule has 0 aliphatic carbocycles. The molecule has 10 nitrogen and oxygen atoms in total. The number of aromatic nitrogens is 2. The Kier molecular flexibility index (Phi) is 3.62. The van der Waals surface area contributed by atoms with Crippen LogP contribution in [0.25, 0.3) is 20.9 Å². The number of rotatable bonds is 5. The Morgan fingerprint density at radius 2 is 2.21 bits per heavy atom. The van der Waals surface area contributed by atoms with Crippen molar-refractivity contribution in [2.24, 2.45) is 10.2 Å². The van der Waals surface area contributed by atoms with E-state index >= 15 is 0 Å². The van der Waals surface area contributed by atoms with Gasteiger partial charge in [-0.1, -0.05) is 15.4 Å². The Labute approximate surface area is 76.7 Å². The van der Waals surface area contributed by atoms with Gasteiger partial charge in [-0.2, -0.15) is 0 Å². The maximum absolute atomic E-state index is 8.09. The highest BCUT2D eigenvalue weighted by atomic mass is 16.6. The molecular weight excluding hydrogens is 192 g/mol. The first-order valence-corrected chi connectivity index (χ1v) is 3.35. The van der Waals surface area contributed by atoms with Gasteiger partial charge in [0.2, 0.25) is 0 Å². The van der Waals surface area contributed by atoms with Gasteiger partial charge in [-0.15, -0.1) is 0 Å². The predicted molar refractivity (Wildman–Crippen MR) is 41.9 cm³/mol. The van der Waals surface area contributed by atoms with Crippen molar-refractivity contribution in [2.45, 2.75) is 6.17 Å². The lowest BCUT2D eigenvalue weighted by Gasteiger charge is -2.02. The largest absolute Gasteiger partial charge is 0.474 e. The van der Waals surface area contributed by atoms with E-state index < -0.39 is 6.17 Å². The first kappa shape index (κ1) is 9.65. The van der Waals surface area contributed by atoms with E-state index in [4.69, 9.17) is 15.8 Å². The highest BCUT2D eigenvalue weighted by molar-refractivity contribution is 4.96. The molecular formula is C4H4N8O2. The molecule has 0 saturated carbocycles. The Bertz CT molecular complexity index is 343. The minimum Gasteiger partial charge on any atom is -0.474 e. The Balaban J connectivity index is 2.48. The van der Waals surface area contributed by atoms with E-state index in [1.165, 1.54) is 6.20 Å². The van der Waals surface area contributed by atoms with E-state index in [2.05, 4.69) is 35.0 Å². The normalized spacial score (nSPS) is 10.9. The SMILES string of the molecule is [N-]=[N+]=NC(COc1cnon1)N=[N+]=[N-]. The second-order valence-corrected chi connectivity index (χ2v) is 1.95. The Hall–Kier alpha value is -2.44. The molecule has 72 valence electrons. The summed E-state index contributed by atoms with van der Waals surface area (Å²) in [5, 5.41) is 12.9. The zero-order valence-corrected chi connectivity index (χ0v) is 6.76. The highest BCUT2D eigenvalue weighted by Crippen LogP contribution is 2.04. The van der Waals surface area contributed by atoms with E-state index in [-0.39, 0.29) is 12.5 Å². The van der Waals surface area contributed by atoms with E-state index in [0.29, 0.717) is 0 Å². The molecule has 10 heteroatoms. The van der Waals surface area contributed by atoms with Gasteiger partial charge in [0.1, 0.15) is 19.0 Å². The van der Waals surface area contributed by atoms with Crippen molar-refractivity contribution in [2.75, 3.05) is 6.61 Å². The summed E-state index contributed by atoms with van der Waals surface area (Å²) in [5.74, 6) is 0.122. The van der Waals surface area contributed by atoms with E-state index in [9.17, 15) is 0 Å². The van der Waals surface area contributed by atoms with Crippen LogP contribution in [0.3, 0.4) is 0 Å². The van der Waals surface area contributed by atoms with Crippen LogP contribution in [0.2, 0.25) is 0 Å². The van der Waals surface area contributed by atoms with E-state index in [1.54, 1.807) is 0 Å². The van der Waals surface area contributed by atoms with Gasteiger partial charge in [0, 0.05) is 9.82 Å². The molecule has 1 aromatic rings. The Morgan fingerprint density at radius 3 is 2.71 bits per heavy atom. The smallest absolute Gasteiger partial charge is 0.275 e. The summed E-state index contributed by atoms with van der Waals surface area (Å²) in [4.78, 5) is 4.95. The average Bonchev–Trinajstić information content (AvgIpc) is 2.67. The topological polar surface area (TPSA) is 146 Å². The first-order valence-electron chi connectivity index (χ1n) is 3.35. The van der Waals surface area contributed by atoms with Gasteiger partial charge in [0.15, 0.2) is 0 Å². The van der Waals surface area contributed by atoms with Crippen molar-refractivity contribution < 1.29 is 9.37 Å². The molecule has 0 N–H and O–H groups in total. The molecule has 1 rings (SSSR count). The number of azide groups is 1. The van der Waals surface area contributed by atoms with Gasteiger partial charge in [0.05, 0.1) is 0 Å². The van der Waals surface area contributed by atoms with Gasteiger partial charge in [-0.25, -0.2) is 4.63 Å².